The molecule has 25 heavy (non-hydrogen) atoms. The Morgan fingerprint density at radius 1 is 1.24 bits per heavy atom. The highest BCUT2D eigenvalue weighted by Gasteiger charge is 2.31. The molecular formula is C19H20N4O2. The van der Waals surface area contributed by atoms with E-state index in [4.69, 9.17) is 4.74 Å². The van der Waals surface area contributed by atoms with Gasteiger partial charge in [0.2, 0.25) is 0 Å². The minimum atomic E-state index is -0.0813. The highest BCUT2D eigenvalue weighted by atomic mass is 16.5. The van der Waals surface area contributed by atoms with E-state index in [1.807, 2.05) is 58.0 Å². The summed E-state index contributed by atoms with van der Waals surface area (Å²) < 4.78 is 7.36. The van der Waals surface area contributed by atoms with E-state index in [0.717, 1.165) is 23.5 Å². The van der Waals surface area contributed by atoms with Gasteiger partial charge in [0, 0.05) is 37.6 Å². The topological polar surface area (TPSA) is 58.9 Å². The number of pyridine rings is 1. The van der Waals surface area contributed by atoms with Gasteiger partial charge in [-0.05, 0) is 18.2 Å². The molecule has 3 heterocycles. The summed E-state index contributed by atoms with van der Waals surface area (Å²) in [6.07, 6.45) is 3.69. The predicted octanol–water partition coefficient (Wildman–Crippen LogP) is 2.13. The van der Waals surface area contributed by atoms with Crippen LogP contribution in [0.25, 0.3) is 5.65 Å². The van der Waals surface area contributed by atoms with Gasteiger partial charge in [-0.3, -0.25) is 4.79 Å². The first-order chi connectivity index (χ1) is 12.3. The number of imidazole rings is 1. The zero-order chi connectivity index (χ0) is 17.2. The number of para-hydroxylation sites is 1. The van der Waals surface area contributed by atoms with Gasteiger partial charge >= 0.3 is 0 Å². The fourth-order valence-electron chi connectivity index (χ4n) is 3.35. The molecule has 0 bridgehead atoms. The number of nitrogens with one attached hydrogen (secondary N) is 1. The number of fused-ring (bicyclic) bond motifs is 1. The highest BCUT2D eigenvalue weighted by molar-refractivity contribution is 5.93. The third-order valence-electron chi connectivity index (χ3n) is 4.59. The maximum Gasteiger partial charge on any atom is 0.274 e. The molecule has 1 aromatic carbocycles. The lowest BCUT2D eigenvalue weighted by atomic mass is 10.0. The Labute approximate surface area is 146 Å². The Morgan fingerprint density at radius 2 is 2.08 bits per heavy atom. The average molecular weight is 336 g/mol. The molecule has 0 spiro atoms. The summed E-state index contributed by atoms with van der Waals surface area (Å²) in [7, 11) is 1.66. The van der Waals surface area contributed by atoms with Crippen LogP contribution in [0.15, 0.2) is 54.9 Å². The molecule has 1 N–H and O–H groups in total. The van der Waals surface area contributed by atoms with E-state index in [1.54, 1.807) is 13.3 Å². The normalized spacial score (nSPS) is 17.6. The Bertz CT molecular complexity index is 872. The van der Waals surface area contributed by atoms with Crippen LogP contribution >= 0.6 is 0 Å². The first-order valence-corrected chi connectivity index (χ1v) is 8.36. The van der Waals surface area contributed by atoms with Crippen molar-refractivity contribution in [3.05, 3.63) is 66.1 Å². The number of nitrogens with zero attached hydrogens (tertiary/aromatic N) is 3. The maximum absolute atomic E-state index is 13.1. The molecule has 1 aliphatic heterocycles. The highest BCUT2D eigenvalue weighted by Crippen LogP contribution is 2.31. The van der Waals surface area contributed by atoms with E-state index in [-0.39, 0.29) is 11.9 Å². The number of ether oxygens (including phenoxy) is 1. The van der Waals surface area contributed by atoms with Crippen LogP contribution in [0, 0.1) is 0 Å². The second-order valence-electron chi connectivity index (χ2n) is 6.05. The third-order valence-corrected chi connectivity index (χ3v) is 4.59. The van der Waals surface area contributed by atoms with Gasteiger partial charge < -0.3 is 19.4 Å². The van der Waals surface area contributed by atoms with Gasteiger partial charge in [0.15, 0.2) is 0 Å². The first-order valence-electron chi connectivity index (χ1n) is 8.36. The van der Waals surface area contributed by atoms with Gasteiger partial charge in [0.25, 0.3) is 5.91 Å². The molecule has 0 saturated carbocycles. The number of carbonyl (C=O) groups excluding carboxylic acids is 1. The molecule has 0 radical (unpaired) electrons. The average Bonchev–Trinajstić information content (AvgIpc) is 3.11. The van der Waals surface area contributed by atoms with E-state index in [1.165, 1.54) is 0 Å². The Balaban J connectivity index is 1.69. The smallest absolute Gasteiger partial charge is 0.274 e. The van der Waals surface area contributed by atoms with Gasteiger partial charge in [-0.2, -0.15) is 0 Å². The van der Waals surface area contributed by atoms with Crippen LogP contribution in [-0.4, -0.2) is 46.9 Å². The van der Waals surface area contributed by atoms with Gasteiger partial charge in [-0.25, -0.2) is 4.98 Å². The molecule has 1 amide bonds. The lowest BCUT2D eigenvalue weighted by Gasteiger charge is -2.36. The quantitative estimate of drug-likeness (QED) is 0.796. The molecule has 128 valence electrons. The van der Waals surface area contributed by atoms with E-state index in [0.29, 0.717) is 18.8 Å². The van der Waals surface area contributed by atoms with Gasteiger partial charge in [0.1, 0.15) is 17.1 Å². The summed E-state index contributed by atoms with van der Waals surface area (Å²) >= 11 is 0. The van der Waals surface area contributed by atoms with Crippen molar-refractivity contribution < 1.29 is 9.53 Å². The first kappa shape index (κ1) is 15.7. The second-order valence-corrected chi connectivity index (χ2v) is 6.05. The molecule has 6 nitrogen and oxygen atoms in total. The SMILES string of the molecule is COc1ccccc1C1CNCCN1C(=O)c1cn2ccccc2n1. The Hall–Kier alpha value is -2.86. The molecule has 6 heteroatoms. The zero-order valence-corrected chi connectivity index (χ0v) is 14.1. The molecule has 0 aliphatic carbocycles. The van der Waals surface area contributed by atoms with Crippen molar-refractivity contribution in [3.63, 3.8) is 0 Å². The summed E-state index contributed by atoms with van der Waals surface area (Å²) in [5.41, 5.74) is 2.25. The van der Waals surface area contributed by atoms with E-state index < -0.39 is 0 Å². The molecule has 1 unspecified atom stereocenters. The molecular weight excluding hydrogens is 316 g/mol. The number of hydrogen-bond acceptors (Lipinski definition) is 4. The molecule has 1 fully saturated rings. The number of amides is 1. The number of piperazine rings is 1. The number of rotatable bonds is 3. The molecule has 2 aromatic heterocycles. The summed E-state index contributed by atoms with van der Waals surface area (Å²) in [5, 5.41) is 3.37. The van der Waals surface area contributed by atoms with Gasteiger partial charge in [0.05, 0.1) is 13.2 Å². The van der Waals surface area contributed by atoms with Gasteiger partial charge in [-0.15, -0.1) is 0 Å². The van der Waals surface area contributed by atoms with Crippen LogP contribution in [0.1, 0.15) is 22.1 Å². The largest absolute Gasteiger partial charge is 0.496 e. The molecule has 1 aliphatic rings. The number of methoxy groups -OCH3 is 1. The van der Waals surface area contributed by atoms with Crippen LogP contribution in [-0.2, 0) is 0 Å². The van der Waals surface area contributed by atoms with E-state index >= 15 is 0 Å². The lowest BCUT2D eigenvalue weighted by molar-refractivity contribution is 0.0626. The van der Waals surface area contributed by atoms with E-state index in [9.17, 15) is 4.79 Å². The van der Waals surface area contributed by atoms with Crippen molar-refractivity contribution in [1.29, 1.82) is 0 Å². The van der Waals surface area contributed by atoms with Crippen LogP contribution in [0.4, 0.5) is 0 Å². The third kappa shape index (κ3) is 2.85. The summed E-state index contributed by atoms with van der Waals surface area (Å²) in [6.45, 7) is 2.10. The fourth-order valence-corrected chi connectivity index (χ4v) is 3.35. The van der Waals surface area contributed by atoms with Crippen LogP contribution < -0.4 is 10.1 Å². The van der Waals surface area contributed by atoms with Crippen LogP contribution in [0.5, 0.6) is 5.75 Å². The van der Waals surface area contributed by atoms with Crippen LogP contribution in [0.3, 0.4) is 0 Å². The summed E-state index contributed by atoms with van der Waals surface area (Å²) in [6, 6.07) is 13.5. The van der Waals surface area contributed by atoms with Crippen molar-refractivity contribution >= 4 is 11.6 Å². The summed E-state index contributed by atoms with van der Waals surface area (Å²) in [5.74, 6) is 0.741. The van der Waals surface area contributed by atoms with Crippen LogP contribution in [0.2, 0.25) is 0 Å². The van der Waals surface area contributed by atoms with E-state index in [2.05, 4.69) is 10.3 Å². The zero-order valence-electron chi connectivity index (χ0n) is 14.1. The molecule has 1 saturated heterocycles. The maximum atomic E-state index is 13.1. The number of aromatic nitrogens is 2. The van der Waals surface area contributed by atoms with Gasteiger partial charge in [-0.1, -0.05) is 24.3 Å². The standard InChI is InChI=1S/C19H20N4O2/c1-25-17-7-3-2-6-14(17)16-12-20-9-11-23(16)19(24)15-13-22-10-5-4-8-18(22)21-15/h2-8,10,13,16,20H,9,11-12H2,1H3. The van der Waals surface area contributed by atoms with Crippen molar-refractivity contribution in [2.24, 2.45) is 0 Å². The monoisotopic (exact) mass is 336 g/mol. The molecule has 1 atom stereocenters. The Morgan fingerprint density at radius 3 is 2.92 bits per heavy atom. The second kappa shape index (κ2) is 6.57. The number of carbonyl (C=O) groups is 1. The van der Waals surface area contributed by atoms with Crippen molar-refractivity contribution in [1.82, 2.24) is 19.6 Å². The van der Waals surface area contributed by atoms with Crippen molar-refractivity contribution in [2.45, 2.75) is 6.04 Å². The number of hydrogen-bond donors (Lipinski definition) is 1. The lowest BCUT2D eigenvalue weighted by Crippen LogP contribution is -2.48. The summed E-state index contributed by atoms with van der Waals surface area (Å²) in [4.78, 5) is 19.5. The minimum absolute atomic E-state index is 0.0545. The molecule has 4 rings (SSSR count). The molecule has 3 aromatic rings. The number of benzene rings is 1. The fraction of sp³-hybridized carbons (Fsp3) is 0.263. The Kier molecular flexibility index (Phi) is 4.11. The van der Waals surface area contributed by atoms with Crippen molar-refractivity contribution in [2.75, 3.05) is 26.7 Å². The minimum Gasteiger partial charge on any atom is -0.496 e. The van der Waals surface area contributed by atoms with Crippen molar-refractivity contribution in [3.8, 4) is 5.75 Å². The predicted molar refractivity (Wildman–Crippen MR) is 94.8 cm³/mol.